The third-order valence-corrected chi connectivity index (χ3v) is 10.00. The van der Waals surface area contributed by atoms with E-state index in [1.54, 1.807) is 6.07 Å². The summed E-state index contributed by atoms with van der Waals surface area (Å²) in [5, 5.41) is 40.6. The largest absolute Gasteiger partial charge is 0.507 e. The molecular formula is C45H28BN3O4. The van der Waals surface area contributed by atoms with Crippen LogP contribution in [0, 0.1) is 0 Å². The average Bonchev–Trinajstić information content (AvgIpc) is 3.57. The molecule has 0 saturated carbocycles. The molecule has 0 aliphatic rings. The molecule has 250 valence electrons. The molecule has 2 aromatic heterocycles. The van der Waals surface area contributed by atoms with Crippen molar-refractivity contribution in [2.75, 3.05) is 0 Å². The second kappa shape index (κ2) is 11.7. The third kappa shape index (κ3) is 4.95. The Bertz CT molecular complexity index is 3120. The lowest BCUT2D eigenvalue weighted by molar-refractivity contribution is 0.446. The second-order valence-electron chi connectivity index (χ2n) is 13.4. The van der Waals surface area contributed by atoms with Gasteiger partial charge in [0.2, 0.25) is 0 Å². The minimum absolute atomic E-state index is 0.0766. The second-order valence-corrected chi connectivity index (χ2v) is 13.4. The van der Waals surface area contributed by atoms with Crippen LogP contribution in [0.3, 0.4) is 0 Å². The fourth-order valence-corrected chi connectivity index (χ4v) is 7.54. The van der Waals surface area contributed by atoms with Gasteiger partial charge in [0, 0.05) is 28.0 Å². The topological polar surface area (TPSA) is 113 Å². The summed E-state index contributed by atoms with van der Waals surface area (Å²) in [5.41, 5.74) is 5.16. The number of aromatic hydroxyl groups is 3. The Morgan fingerprint density at radius 1 is 0.434 bits per heavy atom. The zero-order valence-electron chi connectivity index (χ0n) is 28.4. The van der Waals surface area contributed by atoms with Crippen LogP contribution in [0.4, 0.5) is 0 Å². The summed E-state index contributed by atoms with van der Waals surface area (Å²) in [6.07, 6.45) is 0. The van der Waals surface area contributed by atoms with Crippen molar-refractivity contribution in [1.29, 1.82) is 0 Å². The molecule has 10 aromatic rings. The molecule has 53 heavy (non-hydrogen) atoms. The third-order valence-electron chi connectivity index (χ3n) is 10.00. The van der Waals surface area contributed by atoms with Crippen molar-refractivity contribution in [2.24, 2.45) is 0 Å². The van der Waals surface area contributed by atoms with Crippen LogP contribution in [0.2, 0.25) is 0 Å². The monoisotopic (exact) mass is 685 g/mol. The summed E-state index contributed by atoms with van der Waals surface area (Å²) in [7, 11) is 1.85. The number of furan rings is 1. The molecule has 0 radical (unpaired) electrons. The van der Waals surface area contributed by atoms with Crippen LogP contribution in [0.1, 0.15) is 0 Å². The van der Waals surface area contributed by atoms with Crippen molar-refractivity contribution in [3.63, 3.8) is 0 Å². The predicted octanol–water partition coefficient (Wildman–Crippen LogP) is 9.27. The van der Waals surface area contributed by atoms with E-state index in [1.807, 2.05) is 62.4 Å². The van der Waals surface area contributed by atoms with Gasteiger partial charge < -0.3 is 19.7 Å². The van der Waals surface area contributed by atoms with Crippen LogP contribution in [0.15, 0.2) is 144 Å². The van der Waals surface area contributed by atoms with Crippen LogP contribution in [-0.4, -0.2) is 38.1 Å². The zero-order valence-corrected chi connectivity index (χ0v) is 28.4. The first-order valence-corrected chi connectivity index (χ1v) is 17.3. The molecule has 0 spiro atoms. The Hall–Kier alpha value is -7.19. The smallest absolute Gasteiger partial charge is 0.178 e. The lowest BCUT2D eigenvalue weighted by Gasteiger charge is -2.14. The maximum Gasteiger partial charge on any atom is 0.178 e. The van der Waals surface area contributed by atoms with E-state index in [-0.39, 0.29) is 39.8 Å². The summed E-state index contributed by atoms with van der Waals surface area (Å²) in [6.45, 7) is 0. The fraction of sp³-hybridized carbons (Fsp3) is 0. The quantitative estimate of drug-likeness (QED) is 0.125. The van der Waals surface area contributed by atoms with Gasteiger partial charge >= 0.3 is 0 Å². The Morgan fingerprint density at radius 3 is 1.89 bits per heavy atom. The van der Waals surface area contributed by atoms with Gasteiger partial charge in [0.05, 0.1) is 5.56 Å². The molecule has 8 aromatic carbocycles. The van der Waals surface area contributed by atoms with Crippen molar-refractivity contribution in [1.82, 2.24) is 15.0 Å². The molecule has 2 heterocycles. The lowest BCUT2D eigenvalue weighted by Crippen LogP contribution is -2.02. The number of rotatable bonds is 4. The first-order valence-electron chi connectivity index (χ1n) is 17.3. The van der Waals surface area contributed by atoms with Gasteiger partial charge in [0.1, 0.15) is 13.6 Å². The number of nitrogens with zero attached hydrogens (tertiary/aromatic N) is 3. The molecular weight excluding hydrogens is 657 g/mol. The van der Waals surface area contributed by atoms with Gasteiger partial charge in [0.15, 0.2) is 40.1 Å². The molecule has 0 saturated heterocycles. The maximum absolute atomic E-state index is 11.6. The molecule has 0 aliphatic heterocycles. The highest BCUT2D eigenvalue weighted by molar-refractivity contribution is 6.34. The summed E-state index contributed by atoms with van der Waals surface area (Å²) in [4.78, 5) is 15.2. The number of phenols is 3. The first kappa shape index (κ1) is 30.6. The zero-order chi connectivity index (χ0) is 35.8. The number of benzene rings is 8. The normalized spacial score (nSPS) is 11.7. The molecule has 0 aliphatic carbocycles. The Balaban J connectivity index is 1.26. The summed E-state index contributed by atoms with van der Waals surface area (Å²) in [6, 6.07) is 45.9. The number of aromatic nitrogens is 3. The molecule has 0 unspecified atom stereocenters. The van der Waals surface area contributed by atoms with E-state index in [2.05, 4.69) is 72.8 Å². The van der Waals surface area contributed by atoms with Crippen molar-refractivity contribution >= 4 is 67.6 Å². The van der Waals surface area contributed by atoms with E-state index >= 15 is 0 Å². The first-order chi connectivity index (χ1) is 25.9. The van der Waals surface area contributed by atoms with Gasteiger partial charge in [-0.2, -0.15) is 0 Å². The number of fused-ring (bicyclic) bond motifs is 7. The van der Waals surface area contributed by atoms with E-state index in [0.29, 0.717) is 22.4 Å². The van der Waals surface area contributed by atoms with Crippen molar-refractivity contribution < 1.29 is 19.7 Å². The van der Waals surface area contributed by atoms with Gasteiger partial charge in [-0.1, -0.05) is 115 Å². The van der Waals surface area contributed by atoms with E-state index in [1.165, 1.54) is 6.07 Å². The molecule has 8 heteroatoms. The predicted molar refractivity (Wildman–Crippen MR) is 215 cm³/mol. The molecule has 3 N–H and O–H groups in total. The van der Waals surface area contributed by atoms with E-state index in [0.717, 1.165) is 60.0 Å². The Kier molecular flexibility index (Phi) is 6.75. The number of phenolic OH excluding ortho intramolecular Hbond substituents is 3. The maximum atomic E-state index is 11.6. The molecule has 7 nitrogen and oxygen atoms in total. The van der Waals surface area contributed by atoms with Gasteiger partial charge in [-0.15, -0.1) is 0 Å². The van der Waals surface area contributed by atoms with Crippen molar-refractivity contribution in [3.05, 3.63) is 140 Å². The fourth-order valence-electron chi connectivity index (χ4n) is 7.54. The van der Waals surface area contributed by atoms with Crippen LogP contribution >= 0.6 is 0 Å². The minimum atomic E-state index is -0.270. The Labute approximate surface area is 303 Å². The molecule has 0 amide bonds. The van der Waals surface area contributed by atoms with Crippen molar-refractivity contribution in [2.45, 2.75) is 0 Å². The van der Waals surface area contributed by atoms with Crippen LogP contribution < -0.4 is 5.46 Å². The van der Waals surface area contributed by atoms with Gasteiger partial charge in [-0.05, 0) is 67.7 Å². The van der Waals surface area contributed by atoms with Crippen LogP contribution in [0.5, 0.6) is 17.2 Å². The molecule has 0 atom stereocenters. The van der Waals surface area contributed by atoms with Crippen LogP contribution in [0.25, 0.3) is 99.5 Å². The highest BCUT2D eigenvalue weighted by Gasteiger charge is 2.25. The standard InChI is InChI=1S/C45H28BN3O4/c46-30-21-35-39-40(36(50)23-38(52)42(39)53-41(35)37(51)22-30)45-48-43(29-17-16-26-18-25(14-15-27(26)19-29)24-8-2-1-3-9-24)47-44(49-45)34-20-28-10-4-5-11-31(28)32-12-6-7-13-33(32)34/h1-23,50-52H,46H2. The average molecular weight is 686 g/mol. The molecule has 10 rings (SSSR count). The highest BCUT2D eigenvalue weighted by Crippen LogP contribution is 2.47. The van der Waals surface area contributed by atoms with E-state index < -0.39 is 0 Å². The van der Waals surface area contributed by atoms with Gasteiger partial charge in [-0.3, -0.25) is 0 Å². The minimum Gasteiger partial charge on any atom is -0.507 e. The van der Waals surface area contributed by atoms with Gasteiger partial charge in [0.25, 0.3) is 0 Å². The number of hydrogen-bond donors (Lipinski definition) is 3. The molecule has 0 fully saturated rings. The van der Waals surface area contributed by atoms with Crippen molar-refractivity contribution in [3.8, 4) is 62.5 Å². The van der Waals surface area contributed by atoms with E-state index in [9.17, 15) is 15.3 Å². The number of hydrogen-bond acceptors (Lipinski definition) is 7. The van der Waals surface area contributed by atoms with Crippen LogP contribution in [-0.2, 0) is 0 Å². The summed E-state index contributed by atoms with van der Waals surface area (Å²) < 4.78 is 6.03. The molecule has 0 bridgehead atoms. The summed E-state index contributed by atoms with van der Waals surface area (Å²) in [5.74, 6) is 0.425. The highest BCUT2D eigenvalue weighted by atomic mass is 16.4. The Morgan fingerprint density at radius 2 is 1.08 bits per heavy atom. The SMILES string of the molecule is Bc1cc(O)c2oc3c(O)cc(O)c(-c4nc(-c5ccc6cc(-c7ccccc7)ccc6c5)nc(-c5cc6ccccc6c6ccccc56)n4)c3c2c1. The van der Waals surface area contributed by atoms with E-state index in [4.69, 9.17) is 19.4 Å². The lowest BCUT2D eigenvalue weighted by atomic mass is 9.93. The van der Waals surface area contributed by atoms with Gasteiger partial charge in [-0.25, -0.2) is 15.0 Å². The summed E-state index contributed by atoms with van der Waals surface area (Å²) >= 11 is 0.